The second kappa shape index (κ2) is 8.17. The number of rotatable bonds is 6. The molecule has 0 amide bonds. The summed E-state index contributed by atoms with van der Waals surface area (Å²) in [4.78, 5) is 25.0. The molecule has 0 radical (unpaired) electrons. The van der Waals surface area contributed by atoms with E-state index in [-0.39, 0.29) is 17.7 Å². The number of carbonyl (C=O) groups is 1. The Labute approximate surface area is 152 Å². The van der Waals surface area contributed by atoms with E-state index in [0.29, 0.717) is 18.2 Å². The molecule has 1 heterocycles. The maximum atomic E-state index is 12.7. The van der Waals surface area contributed by atoms with Gasteiger partial charge in [-0.25, -0.2) is 9.48 Å². The van der Waals surface area contributed by atoms with Crippen molar-refractivity contribution in [1.82, 2.24) is 9.78 Å². The Hall–Kier alpha value is -2.63. The van der Waals surface area contributed by atoms with Crippen LogP contribution in [0.3, 0.4) is 0 Å². The molecule has 6 heteroatoms. The predicted octanol–water partition coefficient (Wildman–Crippen LogP) is 3.29. The average Bonchev–Trinajstić information content (AvgIpc) is 3.17. The lowest BCUT2D eigenvalue weighted by Crippen LogP contribution is -2.31. The Morgan fingerprint density at radius 3 is 2.54 bits per heavy atom. The van der Waals surface area contributed by atoms with Crippen LogP contribution in [0.2, 0.25) is 0 Å². The van der Waals surface area contributed by atoms with E-state index in [1.165, 1.54) is 23.6 Å². The number of nitrogens with zero attached hydrogens (tertiary/aromatic N) is 2. The highest BCUT2D eigenvalue weighted by Crippen LogP contribution is 2.26. The van der Waals surface area contributed by atoms with E-state index in [4.69, 9.17) is 9.47 Å². The average molecular weight is 356 g/mol. The minimum absolute atomic E-state index is 0.0330. The molecule has 0 bridgehead atoms. The van der Waals surface area contributed by atoms with Crippen molar-refractivity contribution in [3.05, 3.63) is 46.2 Å². The summed E-state index contributed by atoms with van der Waals surface area (Å²) in [7, 11) is 1.61. The molecule has 0 saturated heterocycles. The Balaban J connectivity index is 2.02. The number of aromatic nitrogens is 2. The summed E-state index contributed by atoms with van der Waals surface area (Å²) < 4.78 is 11.7. The van der Waals surface area contributed by atoms with Crippen molar-refractivity contribution in [3.8, 4) is 17.0 Å². The Morgan fingerprint density at radius 1 is 1.23 bits per heavy atom. The fourth-order valence-corrected chi connectivity index (χ4v) is 3.36. The number of hydrogen-bond acceptors (Lipinski definition) is 5. The van der Waals surface area contributed by atoms with Gasteiger partial charge in [0, 0.05) is 12.1 Å². The molecule has 6 nitrogen and oxygen atoms in total. The summed E-state index contributed by atoms with van der Waals surface area (Å²) >= 11 is 0. The van der Waals surface area contributed by atoms with E-state index in [1.54, 1.807) is 14.0 Å². The van der Waals surface area contributed by atoms with E-state index in [9.17, 15) is 9.59 Å². The van der Waals surface area contributed by atoms with Crippen LogP contribution in [-0.4, -0.2) is 29.5 Å². The molecule has 1 aliphatic carbocycles. The Morgan fingerprint density at radius 2 is 1.92 bits per heavy atom. The van der Waals surface area contributed by atoms with Crippen LogP contribution in [0.1, 0.15) is 43.0 Å². The summed E-state index contributed by atoms with van der Waals surface area (Å²) in [6, 6.07) is 8.90. The van der Waals surface area contributed by atoms with Crippen molar-refractivity contribution in [1.29, 1.82) is 0 Å². The van der Waals surface area contributed by atoms with Gasteiger partial charge < -0.3 is 9.47 Å². The molecule has 1 saturated carbocycles. The third-order valence-electron chi connectivity index (χ3n) is 4.76. The molecule has 1 aliphatic rings. The zero-order chi connectivity index (χ0) is 18.5. The Kier molecular flexibility index (Phi) is 5.71. The number of esters is 1. The van der Waals surface area contributed by atoms with Gasteiger partial charge in [0.05, 0.1) is 19.4 Å². The first-order valence-electron chi connectivity index (χ1n) is 9.06. The van der Waals surface area contributed by atoms with E-state index < -0.39 is 5.97 Å². The minimum atomic E-state index is -0.602. The summed E-state index contributed by atoms with van der Waals surface area (Å²) in [5, 5.41) is 4.52. The van der Waals surface area contributed by atoms with Gasteiger partial charge in [-0.3, -0.25) is 4.79 Å². The summed E-state index contributed by atoms with van der Waals surface area (Å²) in [5.74, 6) is 0.565. The van der Waals surface area contributed by atoms with Crippen molar-refractivity contribution in [2.24, 2.45) is 5.92 Å². The van der Waals surface area contributed by atoms with Gasteiger partial charge in [-0.05, 0) is 56.0 Å². The molecule has 0 aliphatic heterocycles. The third kappa shape index (κ3) is 3.95. The standard InChI is InChI=1S/C20H24N2O4/c1-3-26-20(24)17-12-18(15-8-10-16(25-2)11-9-15)21-22(19(17)23)13-14-6-4-5-7-14/h8-12,14H,3-7,13H2,1-2H3. The van der Waals surface area contributed by atoms with Crippen LogP contribution in [0.15, 0.2) is 35.1 Å². The van der Waals surface area contributed by atoms with Crippen molar-refractivity contribution in [2.45, 2.75) is 39.2 Å². The first-order chi connectivity index (χ1) is 12.6. The molecule has 138 valence electrons. The molecule has 1 fully saturated rings. The van der Waals surface area contributed by atoms with Crippen LogP contribution >= 0.6 is 0 Å². The van der Waals surface area contributed by atoms with Crippen LogP contribution in [0.5, 0.6) is 5.75 Å². The molecule has 0 N–H and O–H groups in total. The van der Waals surface area contributed by atoms with Crippen LogP contribution < -0.4 is 10.3 Å². The molecular formula is C20H24N2O4. The van der Waals surface area contributed by atoms with Crippen LogP contribution in [0.25, 0.3) is 11.3 Å². The second-order valence-electron chi connectivity index (χ2n) is 6.53. The highest BCUT2D eigenvalue weighted by Gasteiger charge is 2.21. The Bertz CT molecular complexity index is 821. The summed E-state index contributed by atoms with van der Waals surface area (Å²) in [6.07, 6.45) is 4.55. The lowest BCUT2D eigenvalue weighted by Gasteiger charge is -2.14. The quantitative estimate of drug-likeness (QED) is 0.743. The van der Waals surface area contributed by atoms with Crippen LogP contribution in [0.4, 0.5) is 0 Å². The maximum Gasteiger partial charge on any atom is 0.343 e. The van der Waals surface area contributed by atoms with Gasteiger partial charge in [-0.1, -0.05) is 12.8 Å². The number of benzene rings is 1. The number of ether oxygens (including phenoxy) is 2. The lowest BCUT2D eigenvalue weighted by molar-refractivity contribution is 0.0523. The normalized spacial score (nSPS) is 14.4. The van der Waals surface area contributed by atoms with Gasteiger partial charge in [0.25, 0.3) is 5.56 Å². The van der Waals surface area contributed by atoms with Gasteiger partial charge >= 0.3 is 5.97 Å². The largest absolute Gasteiger partial charge is 0.497 e. The fraction of sp³-hybridized carbons (Fsp3) is 0.450. The van der Waals surface area contributed by atoms with Gasteiger partial charge in [-0.2, -0.15) is 5.10 Å². The fourth-order valence-electron chi connectivity index (χ4n) is 3.36. The second-order valence-corrected chi connectivity index (χ2v) is 6.53. The molecular weight excluding hydrogens is 332 g/mol. The molecule has 1 aromatic heterocycles. The smallest absolute Gasteiger partial charge is 0.343 e. The van der Waals surface area contributed by atoms with Crippen molar-refractivity contribution < 1.29 is 14.3 Å². The van der Waals surface area contributed by atoms with E-state index in [1.807, 2.05) is 24.3 Å². The van der Waals surface area contributed by atoms with Gasteiger partial charge in [-0.15, -0.1) is 0 Å². The van der Waals surface area contributed by atoms with Crippen LogP contribution in [-0.2, 0) is 11.3 Å². The van der Waals surface area contributed by atoms with Crippen molar-refractivity contribution in [3.63, 3.8) is 0 Å². The molecule has 2 aromatic rings. The zero-order valence-corrected chi connectivity index (χ0v) is 15.2. The summed E-state index contributed by atoms with van der Waals surface area (Å²) in [6.45, 7) is 2.48. The minimum Gasteiger partial charge on any atom is -0.497 e. The SMILES string of the molecule is CCOC(=O)c1cc(-c2ccc(OC)cc2)nn(CC2CCCC2)c1=O. The molecule has 3 rings (SSSR count). The van der Waals surface area contributed by atoms with Crippen molar-refractivity contribution >= 4 is 5.97 Å². The monoisotopic (exact) mass is 356 g/mol. The predicted molar refractivity (Wildman–Crippen MR) is 98.4 cm³/mol. The number of carbonyl (C=O) groups excluding carboxylic acids is 1. The first-order valence-corrected chi connectivity index (χ1v) is 9.06. The molecule has 0 spiro atoms. The third-order valence-corrected chi connectivity index (χ3v) is 4.76. The highest BCUT2D eigenvalue weighted by atomic mass is 16.5. The number of methoxy groups -OCH3 is 1. The van der Waals surface area contributed by atoms with Gasteiger partial charge in [0.15, 0.2) is 0 Å². The van der Waals surface area contributed by atoms with Gasteiger partial charge in [0.1, 0.15) is 11.3 Å². The molecule has 26 heavy (non-hydrogen) atoms. The highest BCUT2D eigenvalue weighted by molar-refractivity contribution is 5.90. The zero-order valence-electron chi connectivity index (χ0n) is 15.2. The topological polar surface area (TPSA) is 70.4 Å². The molecule has 0 unspecified atom stereocenters. The summed E-state index contributed by atoms with van der Waals surface area (Å²) in [5.41, 5.74) is 1.04. The maximum absolute atomic E-state index is 12.7. The first kappa shape index (κ1) is 18.2. The molecule has 0 atom stereocenters. The van der Waals surface area contributed by atoms with Gasteiger partial charge in [0.2, 0.25) is 0 Å². The molecule has 1 aromatic carbocycles. The van der Waals surface area contributed by atoms with Crippen LogP contribution in [0, 0.1) is 5.92 Å². The van der Waals surface area contributed by atoms with E-state index in [2.05, 4.69) is 5.10 Å². The lowest BCUT2D eigenvalue weighted by atomic mass is 10.1. The van der Waals surface area contributed by atoms with E-state index >= 15 is 0 Å². The number of hydrogen-bond donors (Lipinski definition) is 0. The van der Waals surface area contributed by atoms with E-state index in [0.717, 1.165) is 24.2 Å². The van der Waals surface area contributed by atoms with Crippen molar-refractivity contribution in [2.75, 3.05) is 13.7 Å².